The molecule has 0 atom stereocenters. The molecule has 0 radical (unpaired) electrons. The minimum absolute atomic E-state index is 0.274. The van der Waals surface area contributed by atoms with Crippen LogP contribution in [0.3, 0.4) is 0 Å². The van der Waals surface area contributed by atoms with Crippen LogP contribution in [0.15, 0.2) is 29.8 Å². The van der Waals surface area contributed by atoms with E-state index in [4.69, 9.17) is 25.6 Å². The first-order valence-electron chi connectivity index (χ1n) is 6.79. The van der Waals surface area contributed by atoms with Gasteiger partial charge in [0.05, 0.1) is 11.2 Å². The van der Waals surface area contributed by atoms with Crippen LogP contribution in [0.1, 0.15) is 27.7 Å². The van der Waals surface area contributed by atoms with E-state index in [1.807, 2.05) is 27.7 Å². The van der Waals surface area contributed by atoms with Crippen LogP contribution in [0.25, 0.3) is 0 Å². The lowest BCUT2D eigenvalue weighted by atomic mass is 9.79. The van der Waals surface area contributed by atoms with E-state index in [-0.39, 0.29) is 6.61 Å². The summed E-state index contributed by atoms with van der Waals surface area (Å²) in [5, 5.41) is 0. The SMILES string of the molecule is CC1(C)OB(c2cc(F)cc(OC/C=C/Cl)c2)OC1(C)C. The minimum atomic E-state index is -0.614. The molecule has 1 fully saturated rings. The van der Waals surface area contributed by atoms with Gasteiger partial charge in [-0.25, -0.2) is 4.39 Å². The third-order valence-corrected chi connectivity index (χ3v) is 4.03. The largest absolute Gasteiger partial charge is 0.495 e. The zero-order valence-electron chi connectivity index (χ0n) is 12.7. The molecule has 0 aliphatic carbocycles. The molecule has 1 aliphatic rings. The number of rotatable bonds is 4. The maximum atomic E-state index is 13.7. The first kappa shape index (κ1) is 16.3. The summed E-state index contributed by atoms with van der Waals surface area (Å²) in [7, 11) is -0.614. The predicted molar refractivity (Wildman–Crippen MR) is 82.6 cm³/mol. The van der Waals surface area contributed by atoms with Gasteiger partial charge >= 0.3 is 7.12 Å². The second-order valence-electron chi connectivity index (χ2n) is 5.98. The van der Waals surface area contributed by atoms with E-state index in [0.717, 1.165) is 0 Å². The molecule has 0 unspecified atom stereocenters. The Morgan fingerprint density at radius 3 is 2.38 bits per heavy atom. The highest BCUT2D eigenvalue weighted by Gasteiger charge is 2.51. The Balaban J connectivity index is 2.21. The summed E-state index contributed by atoms with van der Waals surface area (Å²) in [5.74, 6) is 0.0153. The fraction of sp³-hybridized carbons (Fsp3) is 0.467. The Hall–Kier alpha value is -1.04. The highest BCUT2D eigenvalue weighted by Crippen LogP contribution is 2.36. The van der Waals surface area contributed by atoms with Crippen LogP contribution in [0.5, 0.6) is 5.75 Å². The topological polar surface area (TPSA) is 27.7 Å². The van der Waals surface area contributed by atoms with E-state index in [1.54, 1.807) is 12.1 Å². The van der Waals surface area contributed by atoms with Crippen LogP contribution in [0.2, 0.25) is 0 Å². The molecule has 0 N–H and O–H groups in total. The molecule has 114 valence electrons. The molecule has 1 saturated heterocycles. The number of benzene rings is 1. The van der Waals surface area contributed by atoms with Crippen molar-refractivity contribution in [2.24, 2.45) is 0 Å². The molecule has 6 heteroatoms. The Morgan fingerprint density at radius 1 is 1.19 bits per heavy atom. The van der Waals surface area contributed by atoms with Crippen molar-refractivity contribution in [3.63, 3.8) is 0 Å². The summed E-state index contributed by atoms with van der Waals surface area (Å²) in [6.45, 7) is 8.09. The highest BCUT2D eigenvalue weighted by atomic mass is 35.5. The van der Waals surface area contributed by atoms with E-state index in [9.17, 15) is 4.39 Å². The molecule has 0 aromatic heterocycles. The normalized spacial score (nSPS) is 20.2. The second kappa shape index (κ2) is 5.99. The van der Waals surface area contributed by atoms with E-state index < -0.39 is 24.1 Å². The quantitative estimate of drug-likeness (QED) is 0.799. The van der Waals surface area contributed by atoms with E-state index in [0.29, 0.717) is 11.2 Å². The lowest BCUT2D eigenvalue weighted by molar-refractivity contribution is 0.00578. The van der Waals surface area contributed by atoms with Crippen molar-refractivity contribution in [3.8, 4) is 5.75 Å². The van der Waals surface area contributed by atoms with Crippen LogP contribution >= 0.6 is 11.6 Å². The smallest absolute Gasteiger partial charge is 0.489 e. The van der Waals surface area contributed by atoms with Crippen molar-refractivity contribution >= 4 is 24.2 Å². The van der Waals surface area contributed by atoms with Gasteiger partial charge in [-0.1, -0.05) is 11.6 Å². The van der Waals surface area contributed by atoms with Gasteiger partial charge in [0, 0.05) is 11.6 Å². The van der Waals surface area contributed by atoms with Crippen LogP contribution in [0, 0.1) is 5.82 Å². The van der Waals surface area contributed by atoms with Crippen LogP contribution in [-0.2, 0) is 9.31 Å². The molecule has 1 aromatic carbocycles. The van der Waals surface area contributed by atoms with Gasteiger partial charge in [0.15, 0.2) is 0 Å². The van der Waals surface area contributed by atoms with Crippen LogP contribution in [-0.4, -0.2) is 24.9 Å². The fourth-order valence-corrected chi connectivity index (χ4v) is 2.04. The second-order valence-corrected chi connectivity index (χ2v) is 6.23. The van der Waals surface area contributed by atoms with Crippen molar-refractivity contribution in [1.29, 1.82) is 0 Å². The van der Waals surface area contributed by atoms with Gasteiger partial charge in [-0.3, -0.25) is 0 Å². The van der Waals surface area contributed by atoms with Gasteiger partial charge in [0.1, 0.15) is 18.2 Å². The van der Waals surface area contributed by atoms with E-state index >= 15 is 0 Å². The Morgan fingerprint density at radius 2 is 1.81 bits per heavy atom. The van der Waals surface area contributed by atoms with E-state index in [1.165, 1.54) is 17.7 Å². The molecular formula is C15H19BClFO3. The molecular weight excluding hydrogens is 293 g/mol. The number of hydrogen-bond donors (Lipinski definition) is 0. The van der Waals surface area contributed by atoms with Gasteiger partial charge in [-0.15, -0.1) is 0 Å². The first-order valence-corrected chi connectivity index (χ1v) is 7.23. The van der Waals surface area contributed by atoms with Gasteiger partial charge in [-0.2, -0.15) is 0 Å². The molecule has 1 heterocycles. The Bertz CT molecular complexity index is 530. The third kappa shape index (κ3) is 3.60. The maximum absolute atomic E-state index is 13.7. The molecule has 0 bridgehead atoms. The monoisotopic (exact) mass is 312 g/mol. The molecule has 3 nitrogen and oxygen atoms in total. The summed E-state index contributed by atoms with van der Waals surface area (Å²) in [6, 6.07) is 4.43. The standard InChI is InChI=1S/C15H19BClFO3/c1-14(2)15(3,4)21-16(20-14)11-8-12(18)10-13(9-11)19-7-5-6-17/h5-6,8-10H,7H2,1-4H3/b6-5+. The number of halogens is 2. The van der Waals surface area contributed by atoms with Crippen molar-refractivity contribution in [1.82, 2.24) is 0 Å². The van der Waals surface area contributed by atoms with Gasteiger partial charge in [0.25, 0.3) is 0 Å². The number of ether oxygens (including phenoxy) is 1. The average molecular weight is 313 g/mol. The zero-order chi connectivity index (χ0) is 15.7. The Kier molecular flexibility index (Phi) is 4.66. The average Bonchev–Trinajstić information content (AvgIpc) is 2.58. The summed E-state index contributed by atoms with van der Waals surface area (Å²) < 4.78 is 31.0. The highest BCUT2D eigenvalue weighted by molar-refractivity contribution is 6.62. The Labute approximate surface area is 130 Å². The molecule has 1 aromatic rings. The zero-order valence-corrected chi connectivity index (χ0v) is 13.4. The fourth-order valence-electron chi connectivity index (χ4n) is 1.96. The van der Waals surface area contributed by atoms with Crippen molar-refractivity contribution in [2.75, 3.05) is 6.61 Å². The van der Waals surface area contributed by atoms with E-state index in [2.05, 4.69) is 0 Å². The number of hydrogen-bond acceptors (Lipinski definition) is 3. The molecule has 0 spiro atoms. The van der Waals surface area contributed by atoms with Crippen molar-refractivity contribution in [3.05, 3.63) is 35.6 Å². The van der Waals surface area contributed by atoms with Crippen molar-refractivity contribution < 1.29 is 18.4 Å². The summed E-state index contributed by atoms with van der Waals surface area (Å²) in [5.41, 5.74) is 1.02. The van der Waals surface area contributed by atoms with Crippen LogP contribution in [0.4, 0.5) is 4.39 Å². The van der Waals surface area contributed by atoms with Crippen LogP contribution < -0.4 is 10.2 Å². The maximum Gasteiger partial charge on any atom is 0.495 e. The predicted octanol–water partition coefficient (Wildman–Crippen LogP) is 3.26. The minimum Gasteiger partial charge on any atom is -0.489 e. The molecule has 2 rings (SSSR count). The van der Waals surface area contributed by atoms with Gasteiger partial charge in [-0.05, 0) is 51.4 Å². The third-order valence-electron chi connectivity index (χ3n) is 3.85. The lowest BCUT2D eigenvalue weighted by Crippen LogP contribution is -2.41. The summed E-state index contributed by atoms with van der Waals surface area (Å²) >= 11 is 5.42. The molecule has 0 amide bonds. The lowest BCUT2D eigenvalue weighted by Gasteiger charge is -2.32. The molecule has 1 aliphatic heterocycles. The van der Waals surface area contributed by atoms with Crippen molar-refractivity contribution in [2.45, 2.75) is 38.9 Å². The van der Waals surface area contributed by atoms with Gasteiger partial charge in [0.2, 0.25) is 0 Å². The summed E-state index contributed by atoms with van der Waals surface area (Å²) in [4.78, 5) is 0. The molecule has 21 heavy (non-hydrogen) atoms. The van der Waals surface area contributed by atoms with Gasteiger partial charge < -0.3 is 14.0 Å². The molecule has 0 saturated carbocycles. The summed E-state index contributed by atoms with van der Waals surface area (Å²) in [6.07, 6.45) is 1.63. The first-order chi connectivity index (χ1) is 9.75.